The fourth-order valence-electron chi connectivity index (χ4n) is 1.38. The summed E-state index contributed by atoms with van der Waals surface area (Å²) in [5.74, 6) is 0.412. The Hall–Kier alpha value is -0.830. The molecule has 0 saturated heterocycles. The monoisotopic (exact) mass is 408 g/mol. The van der Waals surface area contributed by atoms with Crippen LogP contribution in [0.5, 0.6) is 0 Å². The molecule has 0 unspecified atom stereocenters. The lowest BCUT2D eigenvalue weighted by molar-refractivity contribution is 0.417. The van der Waals surface area contributed by atoms with Gasteiger partial charge in [-0.3, -0.25) is 4.72 Å². The van der Waals surface area contributed by atoms with Crippen LogP contribution in [-0.2, 0) is 16.6 Å². The number of hydrogen-bond acceptors (Lipinski definition) is 4. The third kappa shape index (κ3) is 3.38. The van der Waals surface area contributed by atoms with Gasteiger partial charge in [0.1, 0.15) is 5.76 Å². The van der Waals surface area contributed by atoms with E-state index in [1.807, 2.05) is 0 Å². The summed E-state index contributed by atoms with van der Waals surface area (Å²) in [5, 5.41) is -0.164. The number of anilines is 1. The number of halogens is 2. The number of sulfonamides is 1. The van der Waals surface area contributed by atoms with Crippen molar-refractivity contribution in [2.75, 3.05) is 4.72 Å². The zero-order valence-electron chi connectivity index (χ0n) is 9.56. The van der Waals surface area contributed by atoms with Crippen molar-refractivity contribution in [3.63, 3.8) is 0 Å². The van der Waals surface area contributed by atoms with E-state index in [4.69, 9.17) is 10.2 Å². The Morgan fingerprint density at radius 1 is 1.21 bits per heavy atom. The predicted octanol–water partition coefficient (Wildman–Crippen LogP) is 3.06. The lowest BCUT2D eigenvalue weighted by atomic mass is 10.3. The van der Waals surface area contributed by atoms with Crippen molar-refractivity contribution in [3.8, 4) is 0 Å². The van der Waals surface area contributed by atoms with E-state index >= 15 is 0 Å². The first kappa shape index (κ1) is 14.6. The van der Waals surface area contributed by atoms with Gasteiger partial charge in [-0.25, -0.2) is 0 Å². The molecule has 0 bridgehead atoms. The summed E-state index contributed by atoms with van der Waals surface area (Å²) in [6.07, 6.45) is 0. The Balaban J connectivity index is 2.30. The van der Waals surface area contributed by atoms with Gasteiger partial charge in [0.15, 0.2) is 0 Å². The van der Waals surface area contributed by atoms with Gasteiger partial charge in [-0.2, -0.15) is 8.42 Å². The fraction of sp³-hybridized carbons (Fsp3) is 0.0909. The first-order valence-corrected chi connectivity index (χ1v) is 8.26. The summed E-state index contributed by atoms with van der Waals surface area (Å²) in [5.41, 5.74) is 5.80. The number of nitrogens with one attached hydrogen (secondary N) is 1. The summed E-state index contributed by atoms with van der Waals surface area (Å²) in [6.45, 7) is 0.150. The van der Waals surface area contributed by atoms with E-state index in [9.17, 15) is 8.42 Å². The number of furan rings is 1. The molecule has 1 aromatic heterocycles. The number of benzene rings is 1. The van der Waals surface area contributed by atoms with E-state index in [0.717, 1.165) is 4.47 Å². The highest BCUT2D eigenvalue weighted by Gasteiger charge is 2.19. The standard InChI is InChI=1S/C11H10Br2N2O3S/c12-7-1-3-10(9(13)5-7)15-19(16,17)11-4-2-8(6-14)18-11/h1-5,15H,6,14H2. The third-order valence-corrected chi connectivity index (χ3v) is 4.67. The van der Waals surface area contributed by atoms with E-state index in [1.165, 1.54) is 12.1 Å². The summed E-state index contributed by atoms with van der Waals surface area (Å²) >= 11 is 6.58. The Bertz CT molecular complexity index is 698. The van der Waals surface area contributed by atoms with Gasteiger partial charge >= 0.3 is 0 Å². The van der Waals surface area contributed by atoms with Crippen LogP contribution in [0.1, 0.15) is 5.76 Å². The van der Waals surface area contributed by atoms with Gasteiger partial charge < -0.3 is 10.2 Å². The smallest absolute Gasteiger partial charge is 0.295 e. The van der Waals surface area contributed by atoms with Crippen molar-refractivity contribution < 1.29 is 12.8 Å². The molecule has 0 fully saturated rings. The molecular weight excluding hydrogens is 400 g/mol. The Kier molecular flexibility index (Phi) is 4.34. The SMILES string of the molecule is NCc1ccc(S(=O)(=O)Nc2ccc(Br)cc2Br)o1. The molecule has 1 aromatic carbocycles. The normalized spacial score (nSPS) is 11.5. The van der Waals surface area contributed by atoms with Crippen LogP contribution in [0.4, 0.5) is 5.69 Å². The summed E-state index contributed by atoms with van der Waals surface area (Å²) in [4.78, 5) is 0. The molecule has 0 aliphatic carbocycles. The minimum atomic E-state index is -3.76. The fourth-order valence-corrected chi connectivity index (χ4v) is 3.69. The van der Waals surface area contributed by atoms with Gasteiger partial charge in [0.05, 0.1) is 12.2 Å². The first-order chi connectivity index (χ1) is 8.92. The molecule has 19 heavy (non-hydrogen) atoms. The molecule has 0 spiro atoms. The number of nitrogens with two attached hydrogens (primary N) is 1. The highest BCUT2D eigenvalue weighted by molar-refractivity contribution is 9.11. The molecule has 2 rings (SSSR count). The average molecular weight is 410 g/mol. The maximum Gasteiger partial charge on any atom is 0.295 e. The summed E-state index contributed by atoms with van der Waals surface area (Å²) in [7, 11) is -3.76. The molecule has 0 atom stereocenters. The van der Waals surface area contributed by atoms with E-state index < -0.39 is 10.0 Å². The molecule has 5 nitrogen and oxygen atoms in total. The largest absolute Gasteiger partial charge is 0.446 e. The maximum atomic E-state index is 12.1. The lowest BCUT2D eigenvalue weighted by Crippen LogP contribution is -2.12. The third-order valence-electron chi connectivity index (χ3n) is 2.28. The molecule has 8 heteroatoms. The molecule has 0 aliphatic rings. The van der Waals surface area contributed by atoms with Crippen molar-refractivity contribution >= 4 is 47.6 Å². The first-order valence-electron chi connectivity index (χ1n) is 5.19. The second-order valence-electron chi connectivity index (χ2n) is 3.65. The van der Waals surface area contributed by atoms with Crippen LogP contribution in [0.2, 0.25) is 0 Å². The molecule has 0 radical (unpaired) electrons. The Morgan fingerprint density at radius 3 is 2.53 bits per heavy atom. The molecule has 102 valence electrons. The van der Waals surface area contributed by atoms with Crippen LogP contribution in [-0.4, -0.2) is 8.42 Å². The maximum absolute atomic E-state index is 12.1. The van der Waals surface area contributed by atoms with Gasteiger partial charge in [0.25, 0.3) is 10.0 Å². The highest BCUT2D eigenvalue weighted by Crippen LogP contribution is 2.28. The summed E-state index contributed by atoms with van der Waals surface area (Å²) in [6, 6.07) is 8.02. The zero-order chi connectivity index (χ0) is 14.0. The molecule has 0 saturated carbocycles. The van der Waals surface area contributed by atoms with Crippen molar-refractivity contribution in [3.05, 3.63) is 45.0 Å². The number of hydrogen-bond donors (Lipinski definition) is 2. The van der Waals surface area contributed by atoms with Gasteiger partial charge in [-0.05, 0) is 46.3 Å². The van der Waals surface area contributed by atoms with Gasteiger partial charge in [-0.15, -0.1) is 0 Å². The summed E-state index contributed by atoms with van der Waals surface area (Å²) < 4.78 is 33.2. The van der Waals surface area contributed by atoms with Crippen LogP contribution in [0.3, 0.4) is 0 Å². The van der Waals surface area contributed by atoms with Crippen LogP contribution < -0.4 is 10.5 Å². The Labute approximate surface area is 127 Å². The minimum absolute atomic E-state index is 0.150. The van der Waals surface area contributed by atoms with Crippen molar-refractivity contribution in [1.82, 2.24) is 0 Å². The van der Waals surface area contributed by atoms with Crippen molar-refractivity contribution in [1.29, 1.82) is 0 Å². The molecule has 1 heterocycles. The van der Waals surface area contributed by atoms with E-state index in [-0.39, 0.29) is 11.6 Å². The molecule has 2 aromatic rings. The lowest BCUT2D eigenvalue weighted by Gasteiger charge is -2.08. The minimum Gasteiger partial charge on any atom is -0.446 e. The van der Waals surface area contributed by atoms with Crippen molar-refractivity contribution in [2.24, 2.45) is 5.73 Å². The van der Waals surface area contributed by atoms with E-state index in [0.29, 0.717) is 15.9 Å². The Morgan fingerprint density at radius 2 is 1.95 bits per heavy atom. The second-order valence-corrected chi connectivity index (χ2v) is 7.04. The van der Waals surface area contributed by atoms with Crippen LogP contribution in [0, 0.1) is 0 Å². The van der Waals surface area contributed by atoms with Crippen LogP contribution >= 0.6 is 31.9 Å². The topological polar surface area (TPSA) is 85.3 Å². The molecule has 0 aliphatic heterocycles. The van der Waals surface area contributed by atoms with Gasteiger partial charge in [0, 0.05) is 8.95 Å². The average Bonchev–Trinajstić information content (AvgIpc) is 2.82. The quantitative estimate of drug-likeness (QED) is 0.812. The second kappa shape index (κ2) is 5.66. The zero-order valence-corrected chi connectivity index (χ0v) is 13.5. The highest BCUT2D eigenvalue weighted by atomic mass is 79.9. The van der Waals surface area contributed by atoms with Crippen LogP contribution in [0.25, 0.3) is 0 Å². The van der Waals surface area contributed by atoms with E-state index in [1.54, 1.807) is 18.2 Å². The molecule has 3 N–H and O–H groups in total. The number of rotatable bonds is 4. The van der Waals surface area contributed by atoms with Gasteiger partial charge in [0.2, 0.25) is 5.09 Å². The van der Waals surface area contributed by atoms with Crippen LogP contribution in [0.15, 0.2) is 48.8 Å². The molecule has 0 amide bonds. The van der Waals surface area contributed by atoms with Crippen molar-refractivity contribution in [2.45, 2.75) is 11.6 Å². The van der Waals surface area contributed by atoms with E-state index in [2.05, 4.69) is 36.6 Å². The van der Waals surface area contributed by atoms with Gasteiger partial charge in [-0.1, -0.05) is 15.9 Å². The predicted molar refractivity (Wildman–Crippen MR) is 79.2 cm³/mol. The molecular formula is C11H10Br2N2O3S.